The van der Waals surface area contributed by atoms with Crippen LogP contribution in [0.5, 0.6) is 5.75 Å². The summed E-state index contributed by atoms with van der Waals surface area (Å²) >= 11 is 0. The van der Waals surface area contributed by atoms with Gasteiger partial charge >= 0.3 is 0 Å². The quantitative estimate of drug-likeness (QED) is 0.466. The molecule has 0 unspecified atom stereocenters. The Morgan fingerprint density at radius 3 is 2.76 bits per heavy atom. The molecule has 17 heavy (non-hydrogen) atoms. The first-order valence-corrected chi connectivity index (χ1v) is 5.77. The first-order chi connectivity index (χ1) is 8.04. The molecule has 1 aromatic carbocycles. The molecule has 0 radical (unpaired) electrons. The van der Waals surface area contributed by atoms with Crippen LogP contribution in [0.4, 0.5) is 0 Å². The van der Waals surface area contributed by atoms with Crippen molar-refractivity contribution in [3.8, 4) is 5.75 Å². The Kier molecular flexibility index (Phi) is 4.97. The van der Waals surface area contributed by atoms with Crippen LogP contribution < -0.4 is 16.0 Å². The molecule has 0 bridgehead atoms. The molecule has 1 rings (SSSR count). The average molecular weight is 236 g/mol. The van der Waals surface area contributed by atoms with Gasteiger partial charge in [0.1, 0.15) is 5.75 Å². The molecule has 4 nitrogen and oxygen atoms in total. The Labute approximate surface area is 102 Å². The topological polar surface area (TPSA) is 64.3 Å². The summed E-state index contributed by atoms with van der Waals surface area (Å²) in [5.41, 5.74) is 4.38. The van der Waals surface area contributed by atoms with Crippen LogP contribution in [0.2, 0.25) is 0 Å². The van der Waals surface area contributed by atoms with Crippen LogP contribution in [0.25, 0.3) is 0 Å². The normalized spacial score (nSPS) is 10.4. The van der Waals surface area contributed by atoms with Crippen LogP contribution in [0.3, 0.4) is 0 Å². The van der Waals surface area contributed by atoms with E-state index in [1.54, 1.807) is 0 Å². The molecule has 0 saturated carbocycles. The van der Waals surface area contributed by atoms with Crippen molar-refractivity contribution in [2.75, 3.05) is 6.61 Å². The van der Waals surface area contributed by atoms with Gasteiger partial charge in [-0.3, -0.25) is 10.2 Å². The lowest BCUT2D eigenvalue weighted by atomic mass is 10.0. The lowest BCUT2D eigenvalue weighted by molar-refractivity contribution is -0.121. The van der Waals surface area contributed by atoms with Gasteiger partial charge in [-0.25, -0.2) is 5.84 Å². The number of hydrazine groups is 1. The number of carbonyl (C=O) groups is 1. The molecule has 94 valence electrons. The minimum absolute atomic E-state index is 0.220. The first-order valence-electron chi connectivity index (χ1n) is 5.77. The maximum absolute atomic E-state index is 10.9. The van der Waals surface area contributed by atoms with Crippen molar-refractivity contribution in [3.05, 3.63) is 29.3 Å². The van der Waals surface area contributed by atoms with Crippen molar-refractivity contribution >= 4 is 5.91 Å². The molecule has 0 aliphatic rings. The van der Waals surface area contributed by atoms with Gasteiger partial charge in [-0.05, 0) is 30.0 Å². The van der Waals surface area contributed by atoms with Crippen molar-refractivity contribution in [2.45, 2.75) is 33.1 Å². The maximum Gasteiger partial charge on any atom is 0.237 e. The number of rotatable bonds is 5. The smallest absolute Gasteiger partial charge is 0.237 e. The zero-order valence-electron chi connectivity index (χ0n) is 10.6. The molecule has 0 atom stereocenters. The van der Waals surface area contributed by atoms with Gasteiger partial charge in [0.25, 0.3) is 0 Å². The third kappa shape index (κ3) is 4.07. The molecule has 0 aromatic heterocycles. The van der Waals surface area contributed by atoms with E-state index >= 15 is 0 Å². The standard InChI is InChI=1S/C13H20N2O2/c1-9(2)11-5-4-10(3)12(8-11)17-7-6-13(16)15-14/h4-5,8-9H,6-7,14H2,1-3H3,(H,15,16). The highest BCUT2D eigenvalue weighted by atomic mass is 16.5. The van der Waals surface area contributed by atoms with E-state index in [2.05, 4.69) is 25.3 Å². The molecule has 0 aliphatic heterocycles. The van der Waals surface area contributed by atoms with E-state index in [1.165, 1.54) is 5.56 Å². The van der Waals surface area contributed by atoms with Crippen LogP contribution in [-0.2, 0) is 4.79 Å². The second-order valence-corrected chi connectivity index (χ2v) is 4.35. The van der Waals surface area contributed by atoms with Crippen molar-refractivity contribution in [2.24, 2.45) is 5.84 Å². The van der Waals surface area contributed by atoms with Gasteiger partial charge < -0.3 is 4.74 Å². The summed E-state index contributed by atoms with van der Waals surface area (Å²) in [6.07, 6.45) is 0.266. The van der Waals surface area contributed by atoms with E-state index in [9.17, 15) is 4.79 Å². The zero-order valence-corrected chi connectivity index (χ0v) is 10.6. The average Bonchev–Trinajstić information content (AvgIpc) is 2.30. The van der Waals surface area contributed by atoms with Gasteiger partial charge in [0.2, 0.25) is 5.91 Å². The lowest BCUT2D eigenvalue weighted by Gasteiger charge is -2.12. The van der Waals surface area contributed by atoms with E-state index in [-0.39, 0.29) is 12.3 Å². The van der Waals surface area contributed by atoms with Gasteiger partial charge in [0, 0.05) is 0 Å². The number of carbonyl (C=O) groups excluding carboxylic acids is 1. The molecule has 0 heterocycles. The number of benzene rings is 1. The summed E-state index contributed by atoms with van der Waals surface area (Å²) in [7, 11) is 0. The van der Waals surface area contributed by atoms with Crippen LogP contribution in [-0.4, -0.2) is 12.5 Å². The molecule has 3 N–H and O–H groups in total. The summed E-state index contributed by atoms with van der Waals surface area (Å²) in [4.78, 5) is 10.9. The predicted octanol–water partition coefficient (Wildman–Crippen LogP) is 1.88. The number of hydrogen-bond donors (Lipinski definition) is 2. The van der Waals surface area contributed by atoms with E-state index in [1.807, 2.05) is 19.1 Å². The van der Waals surface area contributed by atoms with Crippen molar-refractivity contribution in [3.63, 3.8) is 0 Å². The van der Waals surface area contributed by atoms with E-state index in [0.29, 0.717) is 12.5 Å². The third-order valence-electron chi connectivity index (χ3n) is 2.63. The van der Waals surface area contributed by atoms with E-state index in [4.69, 9.17) is 10.6 Å². The van der Waals surface area contributed by atoms with Gasteiger partial charge in [-0.2, -0.15) is 0 Å². The summed E-state index contributed by atoms with van der Waals surface area (Å²) < 4.78 is 5.58. The van der Waals surface area contributed by atoms with E-state index < -0.39 is 0 Å². The predicted molar refractivity (Wildman–Crippen MR) is 67.7 cm³/mol. The number of hydrogen-bond acceptors (Lipinski definition) is 3. The second-order valence-electron chi connectivity index (χ2n) is 4.35. The number of amides is 1. The summed E-state index contributed by atoms with van der Waals surface area (Å²) in [6.45, 7) is 6.60. The Bertz CT molecular complexity index is 389. The fourth-order valence-electron chi connectivity index (χ4n) is 1.46. The number of aryl methyl sites for hydroxylation is 1. The SMILES string of the molecule is Cc1ccc(C(C)C)cc1OCCC(=O)NN. The molecule has 4 heteroatoms. The molecule has 0 fully saturated rings. The van der Waals surface area contributed by atoms with Crippen LogP contribution >= 0.6 is 0 Å². The van der Waals surface area contributed by atoms with Crippen LogP contribution in [0.15, 0.2) is 18.2 Å². The number of nitrogens with two attached hydrogens (primary N) is 1. The highest BCUT2D eigenvalue weighted by molar-refractivity contribution is 5.75. The summed E-state index contributed by atoms with van der Waals surface area (Å²) in [6, 6.07) is 6.16. The minimum Gasteiger partial charge on any atom is -0.493 e. The Morgan fingerprint density at radius 2 is 2.18 bits per heavy atom. The Balaban J connectivity index is 2.63. The van der Waals surface area contributed by atoms with Gasteiger partial charge in [0.15, 0.2) is 0 Å². The van der Waals surface area contributed by atoms with Crippen molar-refractivity contribution in [1.29, 1.82) is 0 Å². The summed E-state index contributed by atoms with van der Waals surface area (Å²) in [5, 5.41) is 0. The van der Waals surface area contributed by atoms with Crippen LogP contribution in [0.1, 0.15) is 37.3 Å². The highest BCUT2D eigenvalue weighted by Gasteiger charge is 2.05. The fourth-order valence-corrected chi connectivity index (χ4v) is 1.46. The number of nitrogens with one attached hydrogen (secondary N) is 1. The molecule has 0 saturated heterocycles. The molecule has 0 spiro atoms. The zero-order chi connectivity index (χ0) is 12.8. The molecule has 1 aromatic rings. The van der Waals surface area contributed by atoms with Crippen LogP contribution in [0, 0.1) is 6.92 Å². The number of ether oxygens (including phenoxy) is 1. The molecular formula is C13H20N2O2. The van der Waals surface area contributed by atoms with Crippen molar-refractivity contribution < 1.29 is 9.53 Å². The fraction of sp³-hybridized carbons (Fsp3) is 0.462. The monoisotopic (exact) mass is 236 g/mol. The maximum atomic E-state index is 10.9. The Hall–Kier alpha value is -1.55. The largest absolute Gasteiger partial charge is 0.493 e. The molecule has 0 aliphatic carbocycles. The molecule has 1 amide bonds. The third-order valence-corrected chi connectivity index (χ3v) is 2.63. The lowest BCUT2D eigenvalue weighted by Crippen LogP contribution is -2.31. The Morgan fingerprint density at radius 1 is 1.47 bits per heavy atom. The second kappa shape index (κ2) is 6.25. The van der Waals surface area contributed by atoms with Gasteiger partial charge in [-0.1, -0.05) is 26.0 Å². The van der Waals surface area contributed by atoms with Crippen molar-refractivity contribution in [1.82, 2.24) is 5.43 Å². The van der Waals surface area contributed by atoms with E-state index in [0.717, 1.165) is 11.3 Å². The van der Waals surface area contributed by atoms with Gasteiger partial charge in [-0.15, -0.1) is 0 Å². The first kappa shape index (κ1) is 13.5. The highest BCUT2D eigenvalue weighted by Crippen LogP contribution is 2.24. The summed E-state index contributed by atoms with van der Waals surface area (Å²) in [5.74, 6) is 6.07. The van der Waals surface area contributed by atoms with Gasteiger partial charge in [0.05, 0.1) is 13.0 Å². The minimum atomic E-state index is -0.220. The molecular weight excluding hydrogens is 216 g/mol.